The topological polar surface area (TPSA) is 92.1 Å². The van der Waals surface area contributed by atoms with Gasteiger partial charge in [0.25, 0.3) is 5.91 Å². The Labute approximate surface area is 156 Å². The van der Waals surface area contributed by atoms with Crippen LogP contribution in [0.15, 0.2) is 59.5 Å². The molecule has 3 N–H and O–H groups in total. The number of imidazole rings is 1. The summed E-state index contributed by atoms with van der Waals surface area (Å²) in [6.45, 7) is 0. The minimum atomic E-state index is -0.716. The lowest BCUT2D eigenvalue weighted by Gasteiger charge is -2.04. The quantitative estimate of drug-likeness (QED) is 0.505. The standard InChI is InChI=1S/C18H12ClFN4O3/c19-11-1-6-14-10(7-11)8-15(21-14)17(26)22-24-16(25)9-23(18(24)27)13-4-2-12(20)3-5-13/h1-9,21,25H,(H,22,26). The molecule has 0 radical (unpaired) electrons. The summed E-state index contributed by atoms with van der Waals surface area (Å²) in [5.74, 6) is -1.56. The summed E-state index contributed by atoms with van der Waals surface area (Å²) in [5, 5.41) is 11.3. The minimum Gasteiger partial charge on any atom is -0.492 e. The van der Waals surface area contributed by atoms with E-state index in [1.54, 1.807) is 24.3 Å². The maximum absolute atomic E-state index is 13.0. The summed E-state index contributed by atoms with van der Waals surface area (Å²) in [6.07, 6.45) is 1.13. The van der Waals surface area contributed by atoms with Crippen LogP contribution in [-0.2, 0) is 0 Å². The van der Waals surface area contributed by atoms with Crippen LogP contribution in [-0.4, -0.2) is 25.2 Å². The first-order chi connectivity index (χ1) is 12.9. The first-order valence-corrected chi connectivity index (χ1v) is 8.19. The number of H-pyrrole nitrogens is 1. The molecule has 7 nitrogen and oxygen atoms in total. The fourth-order valence-electron chi connectivity index (χ4n) is 2.71. The van der Waals surface area contributed by atoms with Crippen LogP contribution in [0.4, 0.5) is 4.39 Å². The Morgan fingerprint density at radius 3 is 2.63 bits per heavy atom. The number of aromatic hydroxyl groups is 1. The van der Waals surface area contributed by atoms with E-state index < -0.39 is 23.3 Å². The van der Waals surface area contributed by atoms with E-state index in [2.05, 4.69) is 10.4 Å². The van der Waals surface area contributed by atoms with E-state index in [1.165, 1.54) is 24.3 Å². The van der Waals surface area contributed by atoms with Crippen molar-refractivity contribution in [2.45, 2.75) is 0 Å². The molecule has 0 unspecified atom stereocenters. The van der Waals surface area contributed by atoms with E-state index in [-0.39, 0.29) is 5.69 Å². The van der Waals surface area contributed by atoms with Gasteiger partial charge in [-0.15, -0.1) is 0 Å². The maximum atomic E-state index is 13.0. The molecule has 1 amide bonds. The molecule has 4 aromatic rings. The first-order valence-electron chi connectivity index (χ1n) is 7.81. The molecule has 0 fully saturated rings. The van der Waals surface area contributed by atoms with Crippen LogP contribution in [0.5, 0.6) is 5.88 Å². The van der Waals surface area contributed by atoms with Gasteiger partial charge in [-0.2, -0.15) is 4.68 Å². The number of hydrogen-bond acceptors (Lipinski definition) is 3. The number of aromatic nitrogens is 3. The van der Waals surface area contributed by atoms with Gasteiger partial charge < -0.3 is 10.1 Å². The number of benzene rings is 2. The number of aromatic amines is 1. The minimum absolute atomic E-state index is 0.188. The van der Waals surface area contributed by atoms with Crippen LogP contribution in [0.1, 0.15) is 10.5 Å². The van der Waals surface area contributed by atoms with E-state index in [4.69, 9.17) is 11.6 Å². The monoisotopic (exact) mass is 386 g/mol. The predicted octanol–water partition coefficient (Wildman–Crippen LogP) is 3.00. The fourth-order valence-corrected chi connectivity index (χ4v) is 2.89. The van der Waals surface area contributed by atoms with Crippen molar-refractivity contribution in [2.24, 2.45) is 0 Å². The van der Waals surface area contributed by atoms with Crippen molar-refractivity contribution in [3.8, 4) is 11.6 Å². The van der Waals surface area contributed by atoms with Crippen LogP contribution in [0.3, 0.4) is 0 Å². The van der Waals surface area contributed by atoms with E-state index in [1.807, 2.05) is 0 Å². The Hall–Kier alpha value is -3.52. The van der Waals surface area contributed by atoms with Gasteiger partial charge >= 0.3 is 5.69 Å². The number of fused-ring (bicyclic) bond motifs is 1. The molecule has 0 saturated heterocycles. The highest BCUT2D eigenvalue weighted by molar-refractivity contribution is 6.31. The second-order valence-electron chi connectivity index (χ2n) is 5.81. The number of rotatable bonds is 3. The summed E-state index contributed by atoms with van der Waals surface area (Å²) in [4.78, 5) is 27.9. The smallest absolute Gasteiger partial charge is 0.355 e. The molecule has 2 aromatic carbocycles. The Balaban J connectivity index is 1.66. The second kappa shape index (κ2) is 6.33. The SMILES string of the molecule is O=C(Nn1c(O)cn(-c2ccc(F)cc2)c1=O)c1cc2cc(Cl)ccc2[nH]1. The number of nitrogens with zero attached hydrogens (tertiary/aromatic N) is 2. The molecule has 2 heterocycles. The van der Waals surface area contributed by atoms with E-state index in [9.17, 15) is 19.1 Å². The molecule has 0 saturated carbocycles. The number of amides is 1. The van der Waals surface area contributed by atoms with Crippen molar-refractivity contribution in [1.29, 1.82) is 0 Å². The lowest BCUT2D eigenvalue weighted by Crippen LogP contribution is -2.33. The van der Waals surface area contributed by atoms with E-state index >= 15 is 0 Å². The van der Waals surface area contributed by atoms with Crippen LogP contribution in [0, 0.1) is 5.82 Å². The summed E-state index contributed by atoms with van der Waals surface area (Å²) >= 11 is 5.93. The highest BCUT2D eigenvalue weighted by Gasteiger charge is 2.16. The normalized spacial score (nSPS) is 11.0. The first kappa shape index (κ1) is 16.9. The summed E-state index contributed by atoms with van der Waals surface area (Å²) in [5.41, 5.74) is 2.84. The van der Waals surface area contributed by atoms with Crippen molar-refractivity contribution in [3.63, 3.8) is 0 Å². The molecule has 27 heavy (non-hydrogen) atoms. The van der Waals surface area contributed by atoms with Crippen LogP contribution < -0.4 is 11.1 Å². The predicted molar refractivity (Wildman–Crippen MR) is 98.7 cm³/mol. The molecule has 4 rings (SSSR count). The molecule has 9 heteroatoms. The Bertz CT molecular complexity index is 1220. The van der Waals surface area contributed by atoms with Crippen molar-refractivity contribution in [3.05, 3.63) is 81.7 Å². The molecule has 0 spiro atoms. The third-order valence-corrected chi connectivity index (χ3v) is 4.25. The zero-order chi connectivity index (χ0) is 19.1. The molecular formula is C18H12ClFN4O3. The van der Waals surface area contributed by atoms with Gasteiger partial charge in [-0.3, -0.25) is 14.8 Å². The second-order valence-corrected chi connectivity index (χ2v) is 6.24. The lowest BCUT2D eigenvalue weighted by atomic mass is 10.2. The van der Waals surface area contributed by atoms with Crippen molar-refractivity contribution >= 4 is 28.4 Å². The van der Waals surface area contributed by atoms with Gasteiger partial charge in [0, 0.05) is 15.9 Å². The van der Waals surface area contributed by atoms with Crippen molar-refractivity contribution in [2.75, 3.05) is 5.43 Å². The summed E-state index contributed by atoms with van der Waals surface area (Å²) < 4.78 is 14.8. The number of halogens is 2. The number of carbonyl (C=O) groups is 1. The fraction of sp³-hybridized carbons (Fsp3) is 0. The molecule has 0 bridgehead atoms. The van der Waals surface area contributed by atoms with Gasteiger partial charge in [0.2, 0.25) is 5.88 Å². The number of carbonyl (C=O) groups excluding carboxylic acids is 1. The Morgan fingerprint density at radius 2 is 1.89 bits per heavy atom. The van der Waals surface area contributed by atoms with Crippen molar-refractivity contribution < 1.29 is 14.3 Å². The van der Waals surface area contributed by atoms with Gasteiger partial charge in [0.1, 0.15) is 11.5 Å². The Kier molecular flexibility index (Phi) is 3.97. The van der Waals surface area contributed by atoms with E-state index in [0.717, 1.165) is 16.2 Å². The molecule has 0 aliphatic heterocycles. The number of hydrogen-bond donors (Lipinski definition) is 3. The number of nitrogens with one attached hydrogen (secondary N) is 2. The van der Waals surface area contributed by atoms with Crippen LogP contribution in [0.25, 0.3) is 16.6 Å². The third kappa shape index (κ3) is 3.06. The highest BCUT2D eigenvalue weighted by atomic mass is 35.5. The van der Waals surface area contributed by atoms with E-state index in [0.29, 0.717) is 20.9 Å². The third-order valence-electron chi connectivity index (χ3n) is 4.02. The van der Waals surface area contributed by atoms with Crippen LogP contribution in [0.2, 0.25) is 5.02 Å². The summed E-state index contributed by atoms with van der Waals surface area (Å²) in [7, 11) is 0. The largest absolute Gasteiger partial charge is 0.492 e. The van der Waals surface area contributed by atoms with Crippen LogP contribution >= 0.6 is 11.6 Å². The lowest BCUT2D eigenvalue weighted by molar-refractivity contribution is 0.100. The maximum Gasteiger partial charge on any atom is 0.355 e. The highest BCUT2D eigenvalue weighted by Crippen LogP contribution is 2.20. The molecule has 0 atom stereocenters. The van der Waals surface area contributed by atoms with Crippen molar-refractivity contribution in [1.82, 2.24) is 14.2 Å². The molecule has 136 valence electrons. The molecule has 0 aliphatic rings. The van der Waals surface area contributed by atoms with Gasteiger partial charge in [-0.25, -0.2) is 9.18 Å². The molecule has 0 aliphatic carbocycles. The summed E-state index contributed by atoms with van der Waals surface area (Å²) in [6, 6.07) is 11.8. The average molecular weight is 387 g/mol. The zero-order valence-corrected chi connectivity index (χ0v) is 14.4. The van der Waals surface area contributed by atoms with Gasteiger partial charge in [0.05, 0.1) is 11.9 Å². The van der Waals surface area contributed by atoms with Gasteiger partial charge in [-0.05, 0) is 48.5 Å². The Morgan fingerprint density at radius 1 is 1.15 bits per heavy atom. The van der Waals surface area contributed by atoms with Gasteiger partial charge in [0.15, 0.2) is 0 Å². The van der Waals surface area contributed by atoms with Gasteiger partial charge in [-0.1, -0.05) is 11.6 Å². The average Bonchev–Trinajstić information content (AvgIpc) is 3.18. The zero-order valence-electron chi connectivity index (χ0n) is 13.6. The molecule has 2 aromatic heterocycles. The molecular weight excluding hydrogens is 375 g/mol.